The molecule has 0 spiro atoms. The molecule has 0 aliphatic carbocycles. The highest BCUT2D eigenvalue weighted by atomic mass is 127. The van der Waals surface area contributed by atoms with E-state index in [2.05, 4.69) is 58.5 Å². The monoisotopic (exact) mass is 372 g/mol. The molecule has 0 bridgehead atoms. The zero-order chi connectivity index (χ0) is 13.1. The molecule has 0 atom stereocenters. The van der Waals surface area contributed by atoms with Crippen molar-refractivity contribution in [2.45, 2.75) is 26.7 Å². The van der Waals surface area contributed by atoms with Crippen LogP contribution in [-0.4, -0.2) is 9.97 Å². The number of hydrogen-bond donors (Lipinski definition) is 0. The largest absolute Gasteiger partial charge is 0.232 e. The van der Waals surface area contributed by atoms with Crippen LogP contribution in [0.2, 0.25) is 5.15 Å². The normalized spacial score (nSPS) is 10.7. The van der Waals surface area contributed by atoms with Crippen molar-refractivity contribution in [2.24, 2.45) is 0 Å². The molecule has 0 amide bonds. The van der Waals surface area contributed by atoms with E-state index in [0.717, 1.165) is 27.7 Å². The van der Waals surface area contributed by atoms with Crippen molar-refractivity contribution in [3.63, 3.8) is 0 Å². The Morgan fingerprint density at radius 1 is 1.28 bits per heavy atom. The van der Waals surface area contributed by atoms with Crippen LogP contribution in [0.15, 0.2) is 24.3 Å². The van der Waals surface area contributed by atoms with E-state index in [1.807, 2.05) is 12.1 Å². The van der Waals surface area contributed by atoms with Crippen LogP contribution in [0.25, 0.3) is 11.4 Å². The van der Waals surface area contributed by atoms with E-state index in [9.17, 15) is 0 Å². The number of aromatic nitrogens is 2. The molecular formula is C14H14ClIN2. The van der Waals surface area contributed by atoms with E-state index in [-0.39, 0.29) is 0 Å². The molecule has 94 valence electrons. The Hall–Kier alpha value is -0.680. The third-order valence-corrected chi connectivity index (χ3v) is 4.37. The second-order valence-electron chi connectivity index (χ2n) is 4.22. The summed E-state index contributed by atoms with van der Waals surface area (Å²) >= 11 is 8.40. The van der Waals surface area contributed by atoms with E-state index >= 15 is 0 Å². The standard InChI is InChI=1S/C14H14ClIN2/c1-3-5-11-12(16)13(15)18-14(17-11)10-7-4-6-9(2)8-10/h4,6-8H,3,5H2,1-2H3. The van der Waals surface area contributed by atoms with Gasteiger partial charge in [0.25, 0.3) is 0 Å². The molecule has 2 rings (SSSR count). The van der Waals surface area contributed by atoms with Crippen molar-refractivity contribution < 1.29 is 0 Å². The molecule has 2 aromatic rings. The lowest BCUT2D eigenvalue weighted by molar-refractivity contribution is 0.867. The Morgan fingerprint density at radius 3 is 2.72 bits per heavy atom. The second-order valence-corrected chi connectivity index (χ2v) is 5.65. The fraction of sp³-hybridized carbons (Fsp3) is 0.286. The Kier molecular flexibility index (Phi) is 4.56. The van der Waals surface area contributed by atoms with Gasteiger partial charge >= 0.3 is 0 Å². The van der Waals surface area contributed by atoms with Crippen molar-refractivity contribution in [1.82, 2.24) is 9.97 Å². The molecule has 0 saturated heterocycles. The maximum atomic E-state index is 6.19. The molecular weight excluding hydrogens is 359 g/mol. The fourth-order valence-electron chi connectivity index (χ4n) is 1.78. The van der Waals surface area contributed by atoms with Gasteiger partial charge in [-0.15, -0.1) is 0 Å². The lowest BCUT2D eigenvalue weighted by Crippen LogP contribution is -2.00. The van der Waals surface area contributed by atoms with Crippen molar-refractivity contribution in [3.05, 3.63) is 44.2 Å². The summed E-state index contributed by atoms with van der Waals surface area (Å²) in [5.74, 6) is 0.715. The van der Waals surface area contributed by atoms with Gasteiger partial charge in [0.1, 0.15) is 5.15 Å². The van der Waals surface area contributed by atoms with Crippen LogP contribution in [0, 0.1) is 10.5 Å². The van der Waals surface area contributed by atoms with Gasteiger partial charge in [-0.05, 0) is 42.0 Å². The van der Waals surface area contributed by atoms with Gasteiger partial charge in [0.2, 0.25) is 0 Å². The smallest absolute Gasteiger partial charge is 0.161 e. The molecule has 1 aromatic carbocycles. The first-order valence-corrected chi connectivity index (χ1v) is 7.36. The summed E-state index contributed by atoms with van der Waals surface area (Å²) in [6.07, 6.45) is 1.98. The molecule has 0 fully saturated rings. The lowest BCUT2D eigenvalue weighted by Gasteiger charge is -2.08. The predicted octanol–water partition coefficient (Wildman–Crippen LogP) is 4.66. The Bertz CT molecular complexity index is 570. The summed E-state index contributed by atoms with van der Waals surface area (Å²) in [7, 11) is 0. The minimum absolute atomic E-state index is 0.547. The van der Waals surface area contributed by atoms with Gasteiger partial charge in [-0.25, -0.2) is 9.97 Å². The number of aryl methyl sites for hydroxylation is 2. The molecule has 0 aliphatic heterocycles. The zero-order valence-corrected chi connectivity index (χ0v) is 13.3. The summed E-state index contributed by atoms with van der Waals surface area (Å²) in [5, 5.41) is 0.547. The lowest BCUT2D eigenvalue weighted by atomic mass is 10.1. The highest BCUT2D eigenvalue weighted by Gasteiger charge is 2.11. The molecule has 18 heavy (non-hydrogen) atoms. The van der Waals surface area contributed by atoms with Crippen molar-refractivity contribution >= 4 is 34.2 Å². The number of halogens is 2. The van der Waals surface area contributed by atoms with Crippen LogP contribution in [0.4, 0.5) is 0 Å². The molecule has 4 heteroatoms. The molecule has 0 radical (unpaired) electrons. The van der Waals surface area contributed by atoms with Crippen molar-refractivity contribution in [2.75, 3.05) is 0 Å². The summed E-state index contributed by atoms with van der Waals surface area (Å²) in [6.45, 7) is 4.20. The summed E-state index contributed by atoms with van der Waals surface area (Å²) in [4.78, 5) is 9.00. The average molecular weight is 373 g/mol. The van der Waals surface area contributed by atoms with Crippen molar-refractivity contribution in [3.8, 4) is 11.4 Å². The minimum atomic E-state index is 0.547. The molecule has 0 unspecified atom stereocenters. The van der Waals surface area contributed by atoms with Gasteiger partial charge < -0.3 is 0 Å². The van der Waals surface area contributed by atoms with Gasteiger partial charge in [0.15, 0.2) is 5.82 Å². The van der Waals surface area contributed by atoms with E-state index < -0.39 is 0 Å². The number of benzene rings is 1. The number of rotatable bonds is 3. The predicted molar refractivity (Wildman–Crippen MR) is 83.9 cm³/mol. The fourth-order valence-corrected chi connectivity index (χ4v) is 2.48. The van der Waals surface area contributed by atoms with Gasteiger partial charge in [-0.2, -0.15) is 0 Å². The third-order valence-electron chi connectivity index (χ3n) is 2.64. The van der Waals surface area contributed by atoms with E-state index in [0.29, 0.717) is 11.0 Å². The van der Waals surface area contributed by atoms with Crippen LogP contribution < -0.4 is 0 Å². The van der Waals surface area contributed by atoms with Gasteiger partial charge in [0.05, 0.1) is 9.26 Å². The highest BCUT2D eigenvalue weighted by molar-refractivity contribution is 14.1. The van der Waals surface area contributed by atoms with Gasteiger partial charge in [-0.1, -0.05) is 48.7 Å². The van der Waals surface area contributed by atoms with Crippen LogP contribution in [0.1, 0.15) is 24.6 Å². The first kappa shape index (κ1) is 13.7. The molecule has 1 heterocycles. The van der Waals surface area contributed by atoms with Crippen molar-refractivity contribution in [1.29, 1.82) is 0 Å². The van der Waals surface area contributed by atoms with Crippen LogP contribution in [0.3, 0.4) is 0 Å². The summed E-state index contributed by atoms with van der Waals surface area (Å²) < 4.78 is 0.965. The second kappa shape index (κ2) is 5.97. The van der Waals surface area contributed by atoms with Crippen LogP contribution in [-0.2, 0) is 6.42 Å². The third kappa shape index (κ3) is 3.01. The summed E-state index contributed by atoms with van der Waals surface area (Å²) in [5.41, 5.74) is 3.25. The minimum Gasteiger partial charge on any atom is -0.232 e. The first-order chi connectivity index (χ1) is 8.61. The van der Waals surface area contributed by atoms with Crippen LogP contribution in [0.5, 0.6) is 0 Å². The van der Waals surface area contributed by atoms with Gasteiger partial charge in [0, 0.05) is 5.56 Å². The maximum absolute atomic E-state index is 6.19. The number of nitrogens with zero attached hydrogens (tertiary/aromatic N) is 2. The maximum Gasteiger partial charge on any atom is 0.161 e. The first-order valence-electron chi connectivity index (χ1n) is 5.90. The molecule has 2 nitrogen and oxygen atoms in total. The van der Waals surface area contributed by atoms with E-state index in [1.54, 1.807) is 0 Å². The summed E-state index contributed by atoms with van der Waals surface area (Å²) in [6, 6.07) is 8.17. The quantitative estimate of drug-likeness (QED) is 0.578. The highest BCUT2D eigenvalue weighted by Crippen LogP contribution is 2.25. The average Bonchev–Trinajstić information content (AvgIpc) is 2.35. The molecule has 0 saturated carbocycles. The number of hydrogen-bond acceptors (Lipinski definition) is 2. The van der Waals surface area contributed by atoms with Crippen LogP contribution >= 0.6 is 34.2 Å². The Balaban J connectivity index is 2.51. The Labute approximate surface area is 126 Å². The molecule has 0 aliphatic rings. The van der Waals surface area contributed by atoms with E-state index in [4.69, 9.17) is 11.6 Å². The SMILES string of the molecule is CCCc1nc(-c2cccc(C)c2)nc(Cl)c1I. The van der Waals surface area contributed by atoms with E-state index in [1.165, 1.54) is 5.56 Å². The van der Waals surface area contributed by atoms with Gasteiger partial charge in [-0.3, -0.25) is 0 Å². The zero-order valence-electron chi connectivity index (χ0n) is 10.4. The molecule has 0 N–H and O–H groups in total. The Morgan fingerprint density at radius 2 is 2.06 bits per heavy atom. The molecule has 1 aromatic heterocycles. The topological polar surface area (TPSA) is 25.8 Å².